The molecule has 31 heavy (non-hydrogen) atoms. The van der Waals surface area contributed by atoms with E-state index < -0.39 is 9.84 Å². The number of hydrogen-bond donors (Lipinski definition) is 1. The molecule has 0 bridgehead atoms. The number of sulfone groups is 1. The number of carbonyl (C=O) groups is 1. The van der Waals surface area contributed by atoms with Crippen LogP contribution in [0.5, 0.6) is 0 Å². The Morgan fingerprint density at radius 2 is 1.87 bits per heavy atom. The SMILES string of the molecule is C[C@H](NCC(=O)N1N=C(c2cccs2)C[C@H]1c1cccs1)c1ccc(S(C)(=O)=O)cc1. The summed E-state index contributed by atoms with van der Waals surface area (Å²) in [5.74, 6) is -0.0930. The highest BCUT2D eigenvalue weighted by Crippen LogP contribution is 2.35. The Morgan fingerprint density at radius 1 is 1.16 bits per heavy atom. The van der Waals surface area contributed by atoms with Crippen LogP contribution >= 0.6 is 22.7 Å². The minimum Gasteiger partial charge on any atom is -0.302 e. The van der Waals surface area contributed by atoms with Crippen molar-refractivity contribution in [2.75, 3.05) is 12.8 Å². The number of carbonyl (C=O) groups excluding carboxylic acids is 1. The molecule has 0 aliphatic carbocycles. The van der Waals surface area contributed by atoms with Gasteiger partial charge in [0.25, 0.3) is 5.91 Å². The Morgan fingerprint density at radius 3 is 2.48 bits per heavy atom. The van der Waals surface area contributed by atoms with Gasteiger partial charge in [-0.3, -0.25) is 4.79 Å². The van der Waals surface area contributed by atoms with Crippen LogP contribution in [-0.4, -0.2) is 37.8 Å². The van der Waals surface area contributed by atoms with E-state index in [1.54, 1.807) is 51.9 Å². The average Bonchev–Trinajstić information content (AvgIpc) is 3.51. The Bertz CT molecular complexity index is 1170. The van der Waals surface area contributed by atoms with Crippen LogP contribution in [0.3, 0.4) is 0 Å². The van der Waals surface area contributed by atoms with Gasteiger partial charge < -0.3 is 5.32 Å². The number of thiophene rings is 2. The number of hydrogen-bond acceptors (Lipinski definition) is 7. The van der Waals surface area contributed by atoms with Gasteiger partial charge in [-0.2, -0.15) is 5.10 Å². The molecular formula is C22H23N3O3S3. The first kappa shape index (κ1) is 21.9. The molecule has 1 amide bonds. The van der Waals surface area contributed by atoms with Gasteiger partial charge in [0.15, 0.2) is 9.84 Å². The van der Waals surface area contributed by atoms with Crippen LogP contribution in [0.4, 0.5) is 0 Å². The van der Waals surface area contributed by atoms with Crippen molar-refractivity contribution in [3.63, 3.8) is 0 Å². The molecule has 1 aliphatic heterocycles. The summed E-state index contributed by atoms with van der Waals surface area (Å²) in [6.07, 6.45) is 1.89. The summed E-state index contributed by atoms with van der Waals surface area (Å²) in [6.45, 7) is 2.09. The third-order valence-electron chi connectivity index (χ3n) is 5.21. The van der Waals surface area contributed by atoms with Crippen LogP contribution < -0.4 is 5.32 Å². The Kier molecular flexibility index (Phi) is 6.38. The molecular weight excluding hydrogens is 450 g/mol. The van der Waals surface area contributed by atoms with E-state index >= 15 is 0 Å². The average molecular weight is 474 g/mol. The zero-order valence-electron chi connectivity index (χ0n) is 17.2. The standard InChI is InChI=1S/C22H23N3O3S3/c1-15(16-7-9-17(10-8-16)31(2,27)28)23-14-22(26)25-19(21-6-4-12-30-21)13-18(24-25)20-5-3-11-29-20/h3-12,15,19,23H,13-14H2,1-2H3/t15-,19-/m0/s1. The first-order valence-corrected chi connectivity index (χ1v) is 13.5. The van der Waals surface area contributed by atoms with Crippen LogP contribution in [0.1, 0.15) is 40.7 Å². The Balaban J connectivity index is 1.45. The molecule has 3 aromatic rings. The molecule has 2 atom stereocenters. The lowest BCUT2D eigenvalue weighted by Gasteiger charge is -2.22. The van der Waals surface area contributed by atoms with E-state index in [2.05, 4.69) is 10.4 Å². The maximum Gasteiger partial charge on any atom is 0.257 e. The van der Waals surface area contributed by atoms with Crippen LogP contribution in [0.15, 0.2) is 69.3 Å². The van der Waals surface area contributed by atoms with E-state index in [1.807, 2.05) is 41.9 Å². The molecule has 0 unspecified atom stereocenters. The zero-order valence-corrected chi connectivity index (χ0v) is 19.6. The van der Waals surface area contributed by atoms with Crippen molar-refractivity contribution in [2.45, 2.75) is 30.3 Å². The number of benzene rings is 1. The highest BCUT2D eigenvalue weighted by atomic mass is 32.2. The predicted molar refractivity (Wildman–Crippen MR) is 125 cm³/mol. The third-order valence-corrected chi connectivity index (χ3v) is 8.23. The molecule has 6 nitrogen and oxygen atoms in total. The molecule has 0 saturated heterocycles. The molecule has 0 saturated carbocycles. The largest absolute Gasteiger partial charge is 0.302 e. The Labute approximate surface area is 190 Å². The molecule has 1 aromatic carbocycles. The third kappa shape index (κ3) is 4.95. The van der Waals surface area contributed by atoms with Gasteiger partial charge in [-0.15, -0.1) is 22.7 Å². The molecule has 2 aromatic heterocycles. The van der Waals surface area contributed by atoms with E-state index in [9.17, 15) is 13.2 Å². The van der Waals surface area contributed by atoms with Gasteiger partial charge in [-0.25, -0.2) is 13.4 Å². The van der Waals surface area contributed by atoms with Gasteiger partial charge in [-0.05, 0) is 47.5 Å². The van der Waals surface area contributed by atoms with Crippen LogP contribution in [-0.2, 0) is 14.6 Å². The lowest BCUT2D eigenvalue weighted by molar-refractivity contribution is -0.132. The van der Waals surface area contributed by atoms with Gasteiger partial charge in [0.05, 0.1) is 28.1 Å². The van der Waals surface area contributed by atoms with E-state index in [0.29, 0.717) is 6.42 Å². The highest BCUT2D eigenvalue weighted by Gasteiger charge is 2.33. The highest BCUT2D eigenvalue weighted by molar-refractivity contribution is 7.90. The van der Waals surface area contributed by atoms with E-state index in [0.717, 1.165) is 21.0 Å². The number of nitrogens with zero attached hydrogens (tertiary/aromatic N) is 2. The number of rotatable bonds is 7. The van der Waals surface area contributed by atoms with Crippen LogP contribution in [0.2, 0.25) is 0 Å². The molecule has 0 spiro atoms. The normalized spacial score (nSPS) is 17.5. The van der Waals surface area contributed by atoms with Gasteiger partial charge in [0, 0.05) is 23.6 Å². The number of amides is 1. The summed E-state index contributed by atoms with van der Waals surface area (Å²) < 4.78 is 23.3. The minimum absolute atomic E-state index is 0.0873. The van der Waals surface area contributed by atoms with Crippen molar-refractivity contribution >= 4 is 44.1 Å². The second-order valence-electron chi connectivity index (χ2n) is 7.44. The maximum absolute atomic E-state index is 13.1. The van der Waals surface area contributed by atoms with Gasteiger partial charge in [0.2, 0.25) is 0 Å². The molecule has 1 aliphatic rings. The monoisotopic (exact) mass is 473 g/mol. The summed E-state index contributed by atoms with van der Waals surface area (Å²) in [5.41, 5.74) is 1.85. The molecule has 0 fully saturated rings. The summed E-state index contributed by atoms with van der Waals surface area (Å²) in [5, 5.41) is 13.5. The minimum atomic E-state index is -3.23. The number of nitrogens with one attached hydrogen (secondary N) is 1. The molecule has 0 radical (unpaired) electrons. The molecule has 162 valence electrons. The van der Waals surface area contributed by atoms with E-state index in [-0.39, 0.29) is 29.4 Å². The van der Waals surface area contributed by atoms with Crippen LogP contribution in [0.25, 0.3) is 0 Å². The van der Waals surface area contributed by atoms with Crippen molar-refractivity contribution in [3.05, 3.63) is 74.6 Å². The number of hydrazone groups is 1. The molecule has 3 heterocycles. The summed E-state index contributed by atoms with van der Waals surface area (Å²) in [6, 6.07) is 14.6. The molecule has 9 heteroatoms. The lowest BCUT2D eigenvalue weighted by Crippen LogP contribution is -2.36. The van der Waals surface area contributed by atoms with Crippen molar-refractivity contribution < 1.29 is 13.2 Å². The maximum atomic E-state index is 13.1. The first-order valence-electron chi connectivity index (χ1n) is 9.83. The van der Waals surface area contributed by atoms with E-state index in [1.165, 1.54) is 6.26 Å². The van der Waals surface area contributed by atoms with Crippen molar-refractivity contribution in [2.24, 2.45) is 5.10 Å². The Hall–Kier alpha value is -2.33. The summed E-state index contributed by atoms with van der Waals surface area (Å²) in [4.78, 5) is 15.6. The van der Waals surface area contributed by atoms with Crippen molar-refractivity contribution in [1.82, 2.24) is 10.3 Å². The first-order chi connectivity index (χ1) is 14.8. The van der Waals surface area contributed by atoms with Gasteiger partial charge in [0.1, 0.15) is 0 Å². The smallest absolute Gasteiger partial charge is 0.257 e. The molecule has 4 rings (SSSR count). The van der Waals surface area contributed by atoms with Gasteiger partial charge in [-0.1, -0.05) is 24.3 Å². The fourth-order valence-electron chi connectivity index (χ4n) is 3.48. The van der Waals surface area contributed by atoms with Crippen LogP contribution in [0, 0.1) is 0 Å². The fourth-order valence-corrected chi connectivity index (χ4v) is 5.64. The lowest BCUT2D eigenvalue weighted by atomic mass is 10.1. The fraction of sp³-hybridized carbons (Fsp3) is 0.273. The summed E-state index contributed by atoms with van der Waals surface area (Å²) >= 11 is 3.26. The second-order valence-corrected chi connectivity index (χ2v) is 11.4. The van der Waals surface area contributed by atoms with Crippen molar-refractivity contribution in [1.29, 1.82) is 0 Å². The predicted octanol–water partition coefficient (Wildman–Crippen LogP) is 4.24. The quantitative estimate of drug-likeness (QED) is 0.557. The topological polar surface area (TPSA) is 78.8 Å². The van der Waals surface area contributed by atoms with Crippen molar-refractivity contribution in [3.8, 4) is 0 Å². The second kappa shape index (κ2) is 9.04. The molecule has 1 N–H and O–H groups in total. The summed E-state index contributed by atoms with van der Waals surface area (Å²) in [7, 11) is -3.23. The zero-order chi connectivity index (χ0) is 22.0. The van der Waals surface area contributed by atoms with E-state index in [4.69, 9.17) is 0 Å². The van der Waals surface area contributed by atoms with Gasteiger partial charge >= 0.3 is 0 Å².